The molecule has 0 aromatic heterocycles. The molecular weight excluding hydrogens is 200 g/mol. The van der Waals surface area contributed by atoms with E-state index >= 15 is 0 Å². The molecule has 0 spiro atoms. The number of anilines is 1. The maximum absolute atomic E-state index is 13.6. The Kier molecular flexibility index (Phi) is 2.03. The highest BCUT2D eigenvalue weighted by atomic mass is 19.3. The number of halogens is 2. The zero-order valence-electron chi connectivity index (χ0n) is 8.55. The number of carbonyl (C=O) groups is 1. The van der Waals surface area contributed by atoms with E-state index in [-0.39, 0.29) is 5.56 Å². The van der Waals surface area contributed by atoms with E-state index in [1.807, 2.05) is 0 Å². The van der Waals surface area contributed by atoms with Crippen molar-refractivity contribution in [3.63, 3.8) is 0 Å². The summed E-state index contributed by atoms with van der Waals surface area (Å²) in [5.74, 6) is -4.50. The SMILES string of the molecule is CCc1cccc2c1C(F)(F)C(=O)N2C. The molecule has 2 rings (SSSR count). The molecule has 0 radical (unpaired) electrons. The minimum absolute atomic E-state index is 0.125. The molecule has 1 heterocycles. The fourth-order valence-corrected chi connectivity index (χ4v) is 1.95. The average molecular weight is 211 g/mol. The Hall–Kier alpha value is -1.45. The van der Waals surface area contributed by atoms with Crippen LogP contribution in [0.2, 0.25) is 0 Å². The van der Waals surface area contributed by atoms with Crippen molar-refractivity contribution >= 4 is 11.6 Å². The zero-order valence-corrected chi connectivity index (χ0v) is 8.55. The Morgan fingerprint density at radius 2 is 2.07 bits per heavy atom. The molecule has 15 heavy (non-hydrogen) atoms. The summed E-state index contributed by atoms with van der Waals surface area (Å²) in [4.78, 5) is 12.4. The van der Waals surface area contributed by atoms with Crippen LogP contribution in [0, 0.1) is 0 Å². The summed E-state index contributed by atoms with van der Waals surface area (Å²) in [5.41, 5.74) is 0.736. The number of fused-ring (bicyclic) bond motifs is 1. The summed E-state index contributed by atoms with van der Waals surface area (Å²) in [6, 6.07) is 4.88. The maximum Gasteiger partial charge on any atom is 0.352 e. The van der Waals surface area contributed by atoms with Gasteiger partial charge in [0.15, 0.2) is 0 Å². The smallest absolute Gasteiger partial charge is 0.309 e. The zero-order chi connectivity index (χ0) is 11.2. The molecule has 1 aliphatic rings. The number of benzene rings is 1. The van der Waals surface area contributed by atoms with Gasteiger partial charge in [-0.1, -0.05) is 19.1 Å². The molecule has 1 aliphatic heterocycles. The topological polar surface area (TPSA) is 20.3 Å². The van der Waals surface area contributed by atoms with Crippen LogP contribution in [-0.4, -0.2) is 13.0 Å². The molecule has 1 aromatic carbocycles. The summed E-state index contributed by atoms with van der Waals surface area (Å²) in [6.07, 6.45) is 0.500. The number of hydrogen-bond donors (Lipinski definition) is 0. The van der Waals surface area contributed by atoms with Crippen LogP contribution in [0.4, 0.5) is 14.5 Å². The van der Waals surface area contributed by atoms with Crippen LogP contribution in [0.25, 0.3) is 0 Å². The minimum atomic E-state index is -3.36. The third kappa shape index (κ3) is 1.17. The second-order valence-corrected chi connectivity index (χ2v) is 3.60. The van der Waals surface area contributed by atoms with Crippen molar-refractivity contribution in [3.8, 4) is 0 Å². The van der Waals surface area contributed by atoms with Crippen LogP contribution >= 0.6 is 0 Å². The first-order chi connectivity index (χ1) is 7.00. The summed E-state index contributed by atoms with van der Waals surface area (Å²) in [7, 11) is 1.38. The lowest BCUT2D eigenvalue weighted by Gasteiger charge is -2.10. The molecule has 1 amide bonds. The normalized spacial score (nSPS) is 18.1. The van der Waals surface area contributed by atoms with E-state index in [1.165, 1.54) is 7.05 Å². The minimum Gasteiger partial charge on any atom is -0.309 e. The monoisotopic (exact) mass is 211 g/mol. The first-order valence-electron chi connectivity index (χ1n) is 4.78. The highest BCUT2D eigenvalue weighted by Crippen LogP contribution is 2.45. The molecule has 0 atom stereocenters. The largest absolute Gasteiger partial charge is 0.352 e. The number of carbonyl (C=O) groups excluding carboxylic acids is 1. The predicted molar refractivity (Wildman–Crippen MR) is 53.1 cm³/mol. The van der Waals surface area contributed by atoms with E-state index in [0.717, 1.165) is 4.90 Å². The van der Waals surface area contributed by atoms with E-state index in [4.69, 9.17) is 0 Å². The van der Waals surface area contributed by atoms with Gasteiger partial charge in [0, 0.05) is 7.05 Å². The Labute approximate surface area is 86.5 Å². The number of nitrogens with zero attached hydrogens (tertiary/aromatic N) is 1. The molecule has 0 N–H and O–H groups in total. The summed E-state index contributed by atoms with van der Waals surface area (Å²) in [5, 5.41) is 0. The van der Waals surface area contributed by atoms with Crippen LogP contribution < -0.4 is 4.90 Å². The third-order valence-corrected chi connectivity index (χ3v) is 2.76. The molecular formula is C11H11F2NO. The van der Waals surface area contributed by atoms with Gasteiger partial charge >= 0.3 is 11.8 Å². The van der Waals surface area contributed by atoms with Crippen LogP contribution in [0.1, 0.15) is 18.1 Å². The van der Waals surface area contributed by atoms with E-state index < -0.39 is 11.8 Å². The number of aryl methyl sites for hydroxylation is 1. The van der Waals surface area contributed by atoms with Crippen LogP contribution in [0.15, 0.2) is 18.2 Å². The summed E-state index contributed by atoms with van der Waals surface area (Å²) < 4.78 is 27.3. The van der Waals surface area contributed by atoms with Gasteiger partial charge in [-0.15, -0.1) is 0 Å². The van der Waals surface area contributed by atoms with Gasteiger partial charge in [-0.25, -0.2) is 0 Å². The van der Waals surface area contributed by atoms with E-state index in [2.05, 4.69) is 0 Å². The van der Waals surface area contributed by atoms with Crippen LogP contribution in [0.5, 0.6) is 0 Å². The number of rotatable bonds is 1. The van der Waals surface area contributed by atoms with Gasteiger partial charge < -0.3 is 4.90 Å². The molecule has 0 saturated carbocycles. The Morgan fingerprint density at radius 1 is 1.40 bits per heavy atom. The van der Waals surface area contributed by atoms with Crippen LogP contribution in [0.3, 0.4) is 0 Å². The second kappa shape index (κ2) is 3.02. The van der Waals surface area contributed by atoms with Crippen molar-refractivity contribution in [2.75, 3.05) is 11.9 Å². The maximum atomic E-state index is 13.6. The molecule has 0 aliphatic carbocycles. The first-order valence-corrected chi connectivity index (χ1v) is 4.78. The molecule has 4 heteroatoms. The number of amides is 1. The van der Waals surface area contributed by atoms with Crippen molar-refractivity contribution in [1.82, 2.24) is 0 Å². The van der Waals surface area contributed by atoms with Crippen molar-refractivity contribution in [1.29, 1.82) is 0 Å². The summed E-state index contributed by atoms with van der Waals surface area (Å²) >= 11 is 0. The van der Waals surface area contributed by atoms with E-state index in [9.17, 15) is 13.6 Å². The number of hydrogen-bond acceptors (Lipinski definition) is 1. The summed E-state index contributed by atoms with van der Waals surface area (Å²) in [6.45, 7) is 1.80. The molecule has 1 aromatic rings. The Bertz CT molecular complexity index is 429. The second-order valence-electron chi connectivity index (χ2n) is 3.60. The fraction of sp³-hybridized carbons (Fsp3) is 0.364. The molecule has 0 unspecified atom stereocenters. The van der Waals surface area contributed by atoms with Gasteiger partial charge in [0.2, 0.25) is 0 Å². The number of likely N-dealkylation sites (N-methyl/N-ethyl adjacent to an activating group) is 1. The first kappa shape index (κ1) is 10.1. The van der Waals surface area contributed by atoms with Gasteiger partial charge in [0.25, 0.3) is 0 Å². The van der Waals surface area contributed by atoms with Gasteiger partial charge in [-0.3, -0.25) is 4.79 Å². The van der Waals surface area contributed by atoms with Crippen LogP contribution in [-0.2, 0) is 17.1 Å². The molecule has 0 bridgehead atoms. The average Bonchev–Trinajstić information content (AvgIpc) is 2.41. The highest BCUT2D eigenvalue weighted by Gasteiger charge is 2.52. The third-order valence-electron chi connectivity index (χ3n) is 2.76. The van der Waals surface area contributed by atoms with Gasteiger partial charge in [0.05, 0.1) is 11.3 Å². The van der Waals surface area contributed by atoms with Crippen molar-refractivity contribution < 1.29 is 13.6 Å². The van der Waals surface area contributed by atoms with Crippen molar-refractivity contribution in [3.05, 3.63) is 29.3 Å². The predicted octanol–water partition coefficient (Wildman–Crippen LogP) is 2.32. The lowest BCUT2D eigenvalue weighted by Crippen LogP contribution is -2.31. The fourth-order valence-electron chi connectivity index (χ4n) is 1.95. The van der Waals surface area contributed by atoms with Gasteiger partial charge in [-0.05, 0) is 18.1 Å². The molecule has 0 fully saturated rings. The van der Waals surface area contributed by atoms with Crippen molar-refractivity contribution in [2.45, 2.75) is 19.3 Å². The van der Waals surface area contributed by atoms with Gasteiger partial charge in [0.1, 0.15) is 0 Å². The quantitative estimate of drug-likeness (QED) is 0.698. The van der Waals surface area contributed by atoms with E-state index in [1.54, 1.807) is 25.1 Å². The van der Waals surface area contributed by atoms with Crippen molar-refractivity contribution in [2.24, 2.45) is 0 Å². The van der Waals surface area contributed by atoms with E-state index in [0.29, 0.717) is 17.7 Å². The number of alkyl halides is 2. The Balaban J connectivity index is 2.72. The molecule has 80 valence electrons. The standard InChI is InChI=1S/C11H11F2NO/c1-3-7-5-4-6-8-9(7)11(12,13)10(15)14(8)2/h4-6H,3H2,1-2H3. The Morgan fingerprint density at radius 3 is 2.67 bits per heavy atom. The molecule has 2 nitrogen and oxygen atoms in total. The lowest BCUT2D eigenvalue weighted by atomic mass is 10.0. The highest BCUT2D eigenvalue weighted by molar-refractivity contribution is 6.05. The van der Waals surface area contributed by atoms with Gasteiger partial charge in [-0.2, -0.15) is 8.78 Å². The lowest BCUT2D eigenvalue weighted by molar-refractivity contribution is -0.141. The molecule has 0 saturated heterocycles.